The van der Waals surface area contributed by atoms with Crippen molar-refractivity contribution in [2.24, 2.45) is 0 Å². The fourth-order valence-corrected chi connectivity index (χ4v) is 3.66. The maximum absolute atomic E-state index is 13.4. The van der Waals surface area contributed by atoms with Gasteiger partial charge in [0.2, 0.25) is 0 Å². The van der Waals surface area contributed by atoms with Gasteiger partial charge in [-0.1, -0.05) is 17.7 Å². The minimum Gasteiger partial charge on any atom is -0.484 e. The quantitative estimate of drug-likeness (QED) is 0.620. The van der Waals surface area contributed by atoms with Crippen LogP contribution >= 0.6 is 11.6 Å². The van der Waals surface area contributed by atoms with Gasteiger partial charge in [-0.3, -0.25) is 4.79 Å². The second-order valence-electron chi connectivity index (χ2n) is 7.10. The number of likely N-dealkylation sites (tertiary alicyclic amines) is 1. The van der Waals surface area contributed by atoms with Gasteiger partial charge in [0.1, 0.15) is 11.6 Å². The maximum Gasteiger partial charge on any atom is 0.260 e. The molecule has 0 radical (unpaired) electrons. The van der Waals surface area contributed by atoms with E-state index in [0.29, 0.717) is 35.5 Å². The molecular weight excluding hydrogens is 393 g/mol. The summed E-state index contributed by atoms with van der Waals surface area (Å²) in [6.45, 7) is 1.38. The van der Waals surface area contributed by atoms with E-state index in [9.17, 15) is 9.18 Å². The van der Waals surface area contributed by atoms with E-state index in [2.05, 4.69) is 5.10 Å². The van der Waals surface area contributed by atoms with Crippen molar-refractivity contribution < 1.29 is 13.9 Å². The van der Waals surface area contributed by atoms with Gasteiger partial charge in [-0.2, -0.15) is 5.10 Å². The molecule has 1 aliphatic rings. The minimum absolute atomic E-state index is 0.0177. The van der Waals surface area contributed by atoms with Gasteiger partial charge in [0.25, 0.3) is 5.91 Å². The Bertz CT molecular complexity index is 982. The van der Waals surface area contributed by atoms with Crippen molar-refractivity contribution >= 4 is 17.5 Å². The van der Waals surface area contributed by atoms with Crippen molar-refractivity contribution in [3.63, 3.8) is 0 Å². The van der Waals surface area contributed by atoms with Crippen LogP contribution in [0.2, 0.25) is 5.02 Å². The summed E-state index contributed by atoms with van der Waals surface area (Å²) in [6.07, 6.45) is 5.50. The number of hydrogen-bond donors (Lipinski definition) is 0. The normalized spacial score (nSPS) is 14.8. The van der Waals surface area contributed by atoms with Gasteiger partial charge < -0.3 is 9.64 Å². The maximum atomic E-state index is 13.4. The molecular formula is C22H21ClFN3O2. The molecule has 2 aromatic carbocycles. The summed E-state index contributed by atoms with van der Waals surface area (Å²) in [5.41, 5.74) is 1.81. The summed E-state index contributed by atoms with van der Waals surface area (Å²) in [7, 11) is 0. The predicted molar refractivity (Wildman–Crippen MR) is 109 cm³/mol. The Morgan fingerprint density at radius 3 is 2.66 bits per heavy atom. The van der Waals surface area contributed by atoms with Crippen LogP contribution in [0.4, 0.5) is 4.39 Å². The van der Waals surface area contributed by atoms with Crippen molar-refractivity contribution in [3.05, 3.63) is 77.3 Å². The molecule has 0 aliphatic carbocycles. The van der Waals surface area contributed by atoms with Gasteiger partial charge in [0.05, 0.1) is 11.9 Å². The Morgan fingerprint density at radius 2 is 1.93 bits per heavy atom. The molecule has 7 heteroatoms. The number of carbonyl (C=O) groups excluding carboxylic acids is 1. The number of rotatable bonds is 5. The van der Waals surface area contributed by atoms with Crippen LogP contribution in [0.1, 0.15) is 24.3 Å². The molecule has 1 saturated heterocycles. The third-order valence-electron chi connectivity index (χ3n) is 5.17. The number of hydrogen-bond acceptors (Lipinski definition) is 3. The molecule has 0 bridgehead atoms. The first-order chi connectivity index (χ1) is 14.1. The highest BCUT2D eigenvalue weighted by Crippen LogP contribution is 2.28. The number of halogens is 2. The van der Waals surface area contributed by atoms with Crippen LogP contribution in [0.25, 0.3) is 5.69 Å². The monoisotopic (exact) mass is 413 g/mol. The third-order valence-corrected chi connectivity index (χ3v) is 5.42. The number of aromatic nitrogens is 2. The molecule has 1 aliphatic heterocycles. The van der Waals surface area contributed by atoms with Crippen LogP contribution in [0.5, 0.6) is 5.75 Å². The highest BCUT2D eigenvalue weighted by Gasteiger charge is 2.25. The molecule has 0 atom stereocenters. The van der Waals surface area contributed by atoms with Gasteiger partial charge in [-0.05, 0) is 66.8 Å². The summed E-state index contributed by atoms with van der Waals surface area (Å²) in [4.78, 5) is 14.3. The zero-order valence-electron chi connectivity index (χ0n) is 15.8. The second kappa shape index (κ2) is 8.66. The van der Waals surface area contributed by atoms with Crippen LogP contribution in [-0.4, -0.2) is 40.3 Å². The van der Waals surface area contributed by atoms with Gasteiger partial charge in [0, 0.05) is 24.3 Å². The first kappa shape index (κ1) is 19.5. The van der Waals surface area contributed by atoms with Gasteiger partial charge in [-0.25, -0.2) is 9.07 Å². The van der Waals surface area contributed by atoms with E-state index in [1.165, 1.54) is 12.1 Å². The second-order valence-corrected chi connectivity index (χ2v) is 7.53. The van der Waals surface area contributed by atoms with Crippen LogP contribution in [-0.2, 0) is 4.79 Å². The number of benzene rings is 2. The summed E-state index contributed by atoms with van der Waals surface area (Å²) >= 11 is 5.85. The zero-order valence-corrected chi connectivity index (χ0v) is 16.6. The zero-order chi connectivity index (χ0) is 20.2. The summed E-state index contributed by atoms with van der Waals surface area (Å²) < 4.78 is 20.7. The Balaban J connectivity index is 1.30. The topological polar surface area (TPSA) is 47.4 Å². The largest absolute Gasteiger partial charge is 0.484 e. The molecule has 1 aromatic heterocycles. The lowest BCUT2D eigenvalue weighted by Gasteiger charge is -2.31. The molecule has 0 saturated carbocycles. The Morgan fingerprint density at radius 1 is 1.17 bits per heavy atom. The van der Waals surface area contributed by atoms with Gasteiger partial charge in [-0.15, -0.1) is 0 Å². The molecule has 4 rings (SSSR count). The van der Waals surface area contributed by atoms with E-state index < -0.39 is 0 Å². The minimum atomic E-state index is -0.285. The van der Waals surface area contributed by atoms with E-state index in [-0.39, 0.29) is 18.3 Å². The first-order valence-electron chi connectivity index (χ1n) is 9.55. The SMILES string of the molecule is O=C(COc1ccc(Cl)cc1)N1CCC(c2cnn(-c3cccc(F)c3)c2)CC1. The lowest BCUT2D eigenvalue weighted by Crippen LogP contribution is -2.40. The van der Waals surface area contributed by atoms with Crippen molar-refractivity contribution in [2.45, 2.75) is 18.8 Å². The fraction of sp³-hybridized carbons (Fsp3) is 0.273. The van der Waals surface area contributed by atoms with E-state index in [4.69, 9.17) is 16.3 Å². The Hall–Kier alpha value is -2.86. The summed E-state index contributed by atoms with van der Waals surface area (Å²) in [5, 5.41) is 5.00. The molecule has 150 valence electrons. The number of piperidine rings is 1. The molecule has 0 unspecified atom stereocenters. The van der Waals surface area contributed by atoms with Crippen LogP contribution in [0, 0.1) is 5.82 Å². The molecule has 3 aromatic rings. The third kappa shape index (κ3) is 4.77. The van der Waals surface area contributed by atoms with Crippen LogP contribution in [0.15, 0.2) is 60.9 Å². The number of ether oxygens (including phenoxy) is 1. The van der Waals surface area contributed by atoms with Gasteiger partial charge in [0.15, 0.2) is 6.61 Å². The molecule has 29 heavy (non-hydrogen) atoms. The average Bonchev–Trinajstić information content (AvgIpc) is 3.24. The Labute approximate surface area is 173 Å². The molecule has 0 N–H and O–H groups in total. The standard InChI is InChI=1S/C22H21ClFN3O2/c23-18-4-6-21(7-5-18)29-15-22(28)26-10-8-16(9-11-26)17-13-25-27(14-17)20-3-1-2-19(24)12-20/h1-7,12-14,16H,8-11,15H2. The fourth-order valence-electron chi connectivity index (χ4n) is 3.54. The van der Waals surface area contributed by atoms with E-state index >= 15 is 0 Å². The lowest BCUT2D eigenvalue weighted by atomic mass is 9.91. The number of amides is 1. The lowest BCUT2D eigenvalue weighted by molar-refractivity contribution is -0.134. The average molecular weight is 414 g/mol. The van der Waals surface area contributed by atoms with Crippen molar-refractivity contribution in [1.82, 2.24) is 14.7 Å². The number of nitrogens with zero attached hydrogens (tertiary/aromatic N) is 3. The molecule has 0 spiro atoms. The summed E-state index contributed by atoms with van der Waals surface area (Å²) in [6, 6.07) is 13.3. The highest BCUT2D eigenvalue weighted by molar-refractivity contribution is 6.30. The van der Waals surface area contributed by atoms with Crippen molar-refractivity contribution in [3.8, 4) is 11.4 Å². The predicted octanol–water partition coefficient (Wildman–Crippen LogP) is 4.45. The van der Waals surface area contributed by atoms with Crippen LogP contribution in [0.3, 0.4) is 0 Å². The van der Waals surface area contributed by atoms with Crippen molar-refractivity contribution in [2.75, 3.05) is 19.7 Å². The van der Waals surface area contributed by atoms with E-state index in [1.54, 1.807) is 35.0 Å². The smallest absolute Gasteiger partial charge is 0.260 e. The molecule has 1 amide bonds. The van der Waals surface area contributed by atoms with Crippen LogP contribution < -0.4 is 4.74 Å². The van der Waals surface area contributed by atoms with Gasteiger partial charge >= 0.3 is 0 Å². The molecule has 2 heterocycles. The van der Waals surface area contributed by atoms with E-state index in [1.807, 2.05) is 23.4 Å². The Kier molecular flexibility index (Phi) is 5.81. The molecule has 5 nitrogen and oxygen atoms in total. The number of carbonyl (C=O) groups is 1. The highest BCUT2D eigenvalue weighted by atomic mass is 35.5. The van der Waals surface area contributed by atoms with E-state index in [0.717, 1.165) is 18.4 Å². The summed E-state index contributed by atoms with van der Waals surface area (Å²) in [5.74, 6) is 0.655. The van der Waals surface area contributed by atoms with Crippen molar-refractivity contribution in [1.29, 1.82) is 0 Å². The molecule has 1 fully saturated rings. The first-order valence-corrected chi connectivity index (χ1v) is 9.93.